The fraction of sp³-hybridized carbons (Fsp3) is 0.273. The van der Waals surface area contributed by atoms with Gasteiger partial charge in [-0.3, -0.25) is 4.84 Å². The Kier molecular flexibility index (Phi) is 2.62. The van der Waals surface area contributed by atoms with Crippen LogP contribution in [0.1, 0.15) is 12.6 Å². The average molecular weight is 206 g/mol. The highest BCUT2D eigenvalue weighted by molar-refractivity contribution is 5.82. The van der Waals surface area contributed by atoms with E-state index in [1.165, 1.54) is 0 Å². The summed E-state index contributed by atoms with van der Waals surface area (Å²) >= 11 is 0. The number of hydrogen-bond donors (Lipinski definition) is 2. The highest BCUT2D eigenvalue weighted by Gasteiger charge is 2.07. The number of aryl methyl sites for hydroxylation is 1. The van der Waals surface area contributed by atoms with Crippen molar-refractivity contribution in [2.24, 2.45) is 5.90 Å². The minimum Gasteiger partial charge on any atom is -0.508 e. The molecule has 0 amide bonds. The summed E-state index contributed by atoms with van der Waals surface area (Å²) in [4.78, 5) is 4.65. The third-order valence-corrected chi connectivity index (χ3v) is 2.52. The number of fused-ring (bicyclic) bond motifs is 1. The number of phenols is 1. The summed E-state index contributed by atoms with van der Waals surface area (Å²) in [5, 5.41) is 10.4. The molecule has 0 saturated heterocycles. The molecule has 2 rings (SSSR count). The minimum atomic E-state index is 0.274. The van der Waals surface area contributed by atoms with E-state index >= 15 is 0 Å². The zero-order valence-corrected chi connectivity index (χ0v) is 8.60. The van der Waals surface area contributed by atoms with Crippen molar-refractivity contribution in [2.75, 3.05) is 0 Å². The molecular formula is C11H14N2O2. The Morgan fingerprint density at radius 3 is 2.87 bits per heavy atom. The van der Waals surface area contributed by atoms with E-state index in [-0.39, 0.29) is 5.75 Å². The van der Waals surface area contributed by atoms with Crippen LogP contribution in [0.5, 0.6) is 5.75 Å². The van der Waals surface area contributed by atoms with E-state index in [0.717, 1.165) is 23.1 Å². The summed E-state index contributed by atoms with van der Waals surface area (Å²) in [5.74, 6) is 5.35. The van der Waals surface area contributed by atoms with Gasteiger partial charge in [0, 0.05) is 23.1 Å². The van der Waals surface area contributed by atoms with Gasteiger partial charge in [0.05, 0.1) is 0 Å². The molecule has 4 heteroatoms. The smallest absolute Gasteiger partial charge is 0.116 e. The highest BCUT2D eigenvalue weighted by Crippen LogP contribution is 2.24. The van der Waals surface area contributed by atoms with Crippen LogP contribution in [0.4, 0.5) is 0 Å². The third-order valence-electron chi connectivity index (χ3n) is 2.52. The van der Waals surface area contributed by atoms with Gasteiger partial charge in [-0.2, -0.15) is 0 Å². The molecule has 0 saturated carbocycles. The molecule has 15 heavy (non-hydrogen) atoms. The first-order valence-electron chi connectivity index (χ1n) is 4.89. The van der Waals surface area contributed by atoms with Crippen molar-refractivity contribution >= 4 is 10.9 Å². The molecule has 0 atom stereocenters. The molecule has 0 radical (unpaired) electrons. The molecule has 0 aliphatic rings. The van der Waals surface area contributed by atoms with Crippen LogP contribution in [0, 0.1) is 0 Å². The predicted octanol–water partition coefficient (Wildman–Crippen LogP) is 1.76. The lowest BCUT2D eigenvalue weighted by atomic mass is 10.2. The van der Waals surface area contributed by atoms with Gasteiger partial charge in [0.2, 0.25) is 0 Å². The van der Waals surface area contributed by atoms with Crippen LogP contribution in [-0.4, -0.2) is 9.67 Å². The Bertz CT molecular complexity index is 477. The third kappa shape index (κ3) is 1.69. The Labute approximate surface area is 87.8 Å². The van der Waals surface area contributed by atoms with Crippen molar-refractivity contribution < 1.29 is 9.94 Å². The maximum atomic E-state index is 9.37. The number of rotatable bonds is 3. The van der Waals surface area contributed by atoms with Crippen molar-refractivity contribution in [3.8, 4) is 5.75 Å². The van der Waals surface area contributed by atoms with E-state index in [0.29, 0.717) is 6.61 Å². The molecule has 0 aliphatic carbocycles. The Balaban J connectivity index is 2.62. The molecule has 0 bridgehead atoms. The predicted molar refractivity (Wildman–Crippen MR) is 58.3 cm³/mol. The van der Waals surface area contributed by atoms with Crippen LogP contribution in [-0.2, 0) is 18.0 Å². The fourth-order valence-electron chi connectivity index (χ4n) is 1.89. The van der Waals surface area contributed by atoms with E-state index in [9.17, 15) is 5.11 Å². The van der Waals surface area contributed by atoms with E-state index in [4.69, 9.17) is 5.90 Å². The minimum absolute atomic E-state index is 0.274. The molecular weight excluding hydrogens is 192 g/mol. The summed E-state index contributed by atoms with van der Waals surface area (Å²) in [7, 11) is 0. The first-order chi connectivity index (χ1) is 7.26. The Hall–Kier alpha value is -1.52. The van der Waals surface area contributed by atoms with Crippen molar-refractivity contribution in [1.82, 2.24) is 4.57 Å². The summed E-state index contributed by atoms with van der Waals surface area (Å²) in [5.41, 5.74) is 2.10. The number of nitrogens with zero attached hydrogens (tertiary/aromatic N) is 1. The van der Waals surface area contributed by atoms with E-state index < -0.39 is 0 Å². The van der Waals surface area contributed by atoms with Gasteiger partial charge in [-0.25, -0.2) is 5.90 Å². The Morgan fingerprint density at radius 1 is 1.40 bits per heavy atom. The summed E-state index contributed by atoms with van der Waals surface area (Å²) in [6.45, 7) is 3.29. The summed E-state index contributed by atoms with van der Waals surface area (Å²) in [6, 6.07) is 7.29. The van der Waals surface area contributed by atoms with Gasteiger partial charge >= 0.3 is 0 Å². The number of aromatic hydroxyl groups is 1. The standard InChI is InChI=1S/C11H14N2O2/c1-2-13-9(7-15-12)5-8-6-10(14)3-4-11(8)13/h3-6,14H,2,7,12H2,1H3. The second kappa shape index (κ2) is 3.92. The molecule has 2 aromatic rings. The summed E-state index contributed by atoms with van der Waals surface area (Å²) < 4.78 is 2.11. The molecule has 0 aliphatic heterocycles. The molecule has 0 fully saturated rings. The van der Waals surface area contributed by atoms with Crippen molar-refractivity contribution in [3.05, 3.63) is 30.0 Å². The molecule has 1 aromatic carbocycles. The first-order valence-corrected chi connectivity index (χ1v) is 4.89. The first kappa shape index (κ1) is 10.0. The normalized spacial score (nSPS) is 11.1. The lowest BCUT2D eigenvalue weighted by Crippen LogP contribution is -2.05. The van der Waals surface area contributed by atoms with Crippen LogP contribution in [0.2, 0.25) is 0 Å². The molecule has 3 N–H and O–H groups in total. The molecule has 1 heterocycles. The lowest BCUT2D eigenvalue weighted by Gasteiger charge is -2.06. The Morgan fingerprint density at radius 2 is 2.20 bits per heavy atom. The van der Waals surface area contributed by atoms with Crippen LogP contribution >= 0.6 is 0 Å². The molecule has 0 unspecified atom stereocenters. The van der Waals surface area contributed by atoms with Gasteiger partial charge in [0.15, 0.2) is 0 Å². The fourth-order valence-corrected chi connectivity index (χ4v) is 1.89. The van der Waals surface area contributed by atoms with E-state index in [2.05, 4.69) is 16.3 Å². The van der Waals surface area contributed by atoms with Crippen molar-refractivity contribution in [2.45, 2.75) is 20.1 Å². The molecule has 1 aromatic heterocycles. The SMILES string of the molecule is CCn1c(CON)cc2cc(O)ccc21. The zero-order valence-electron chi connectivity index (χ0n) is 8.60. The van der Waals surface area contributed by atoms with Gasteiger partial charge in [-0.15, -0.1) is 0 Å². The van der Waals surface area contributed by atoms with Gasteiger partial charge in [0.1, 0.15) is 12.4 Å². The van der Waals surface area contributed by atoms with Crippen LogP contribution < -0.4 is 5.90 Å². The number of hydrogen-bond acceptors (Lipinski definition) is 3. The topological polar surface area (TPSA) is 60.4 Å². The number of phenolic OH excluding ortho intramolecular Hbond substituents is 1. The zero-order chi connectivity index (χ0) is 10.8. The van der Waals surface area contributed by atoms with Gasteiger partial charge in [-0.1, -0.05) is 0 Å². The van der Waals surface area contributed by atoms with Crippen LogP contribution in [0.25, 0.3) is 10.9 Å². The lowest BCUT2D eigenvalue weighted by molar-refractivity contribution is 0.119. The van der Waals surface area contributed by atoms with Crippen molar-refractivity contribution in [1.29, 1.82) is 0 Å². The van der Waals surface area contributed by atoms with E-state index in [1.807, 2.05) is 12.1 Å². The molecule has 4 nitrogen and oxygen atoms in total. The largest absolute Gasteiger partial charge is 0.508 e. The second-order valence-electron chi connectivity index (χ2n) is 3.43. The van der Waals surface area contributed by atoms with Crippen LogP contribution in [0.3, 0.4) is 0 Å². The second-order valence-corrected chi connectivity index (χ2v) is 3.43. The van der Waals surface area contributed by atoms with Crippen LogP contribution in [0.15, 0.2) is 24.3 Å². The molecule has 0 spiro atoms. The highest BCUT2D eigenvalue weighted by atomic mass is 16.6. The quantitative estimate of drug-likeness (QED) is 0.752. The van der Waals surface area contributed by atoms with E-state index in [1.54, 1.807) is 12.1 Å². The number of aromatic nitrogens is 1. The maximum absolute atomic E-state index is 9.37. The summed E-state index contributed by atoms with van der Waals surface area (Å²) in [6.07, 6.45) is 0. The number of benzene rings is 1. The molecule has 80 valence electrons. The number of nitrogens with two attached hydrogens (primary N) is 1. The average Bonchev–Trinajstić information content (AvgIpc) is 2.54. The van der Waals surface area contributed by atoms with Crippen molar-refractivity contribution in [3.63, 3.8) is 0 Å². The van der Waals surface area contributed by atoms with Gasteiger partial charge in [-0.05, 0) is 31.2 Å². The van der Waals surface area contributed by atoms with Gasteiger partial charge in [0.25, 0.3) is 0 Å². The monoisotopic (exact) mass is 206 g/mol. The maximum Gasteiger partial charge on any atom is 0.116 e. The van der Waals surface area contributed by atoms with Gasteiger partial charge < -0.3 is 9.67 Å².